The van der Waals surface area contributed by atoms with E-state index >= 15 is 0 Å². The molecule has 1 aromatic heterocycles. The molecule has 0 bridgehead atoms. The summed E-state index contributed by atoms with van der Waals surface area (Å²) in [4.78, 5) is 16.8. The van der Waals surface area contributed by atoms with Crippen molar-refractivity contribution in [2.45, 2.75) is 56.9 Å². The number of rotatable bonds is 5. The molecule has 3 fully saturated rings. The molecule has 162 valence electrons. The standard InChI is InChI=1S/C22H28N8O/c23-11-16-5-1-2-7-18(16)30-19-8-9-25-22(31)20(19)21(28-30)27-17-6-3-4-15(10-17)12-29-14-24-13-26-29/h3-4,6,10,13-14,16,18-21,27-28H,1-2,5,7-9,12H2,(H,25,31)/t16-,18+,19?,20?,21?/m1/s1. The van der Waals surface area contributed by atoms with E-state index in [1.165, 1.54) is 6.33 Å². The third-order valence-corrected chi connectivity index (χ3v) is 6.77. The van der Waals surface area contributed by atoms with Gasteiger partial charge in [0.15, 0.2) is 0 Å². The van der Waals surface area contributed by atoms with Crippen molar-refractivity contribution in [1.29, 1.82) is 5.26 Å². The molecule has 5 rings (SSSR count). The van der Waals surface area contributed by atoms with Crippen LogP contribution in [-0.2, 0) is 11.3 Å². The highest BCUT2D eigenvalue weighted by Gasteiger charge is 2.51. The molecule has 9 nitrogen and oxygen atoms in total. The fraction of sp³-hybridized carbons (Fsp3) is 0.545. The van der Waals surface area contributed by atoms with Crippen LogP contribution in [0.3, 0.4) is 0 Å². The Hall–Kier alpha value is -2.96. The second-order valence-electron chi connectivity index (χ2n) is 8.71. The monoisotopic (exact) mass is 420 g/mol. The van der Waals surface area contributed by atoms with Gasteiger partial charge in [-0.25, -0.2) is 20.1 Å². The Morgan fingerprint density at radius 1 is 1.23 bits per heavy atom. The maximum atomic E-state index is 12.8. The molecule has 1 aromatic carbocycles. The van der Waals surface area contributed by atoms with E-state index in [0.717, 1.165) is 43.4 Å². The van der Waals surface area contributed by atoms with Crippen LogP contribution in [0.25, 0.3) is 0 Å². The third kappa shape index (κ3) is 4.01. The Balaban J connectivity index is 1.36. The zero-order valence-electron chi connectivity index (χ0n) is 17.4. The largest absolute Gasteiger partial charge is 0.368 e. The number of nitriles is 1. The van der Waals surface area contributed by atoms with E-state index in [2.05, 4.69) is 49.4 Å². The third-order valence-electron chi connectivity index (χ3n) is 6.77. The van der Waals surface area contributed by atoms with Crippen molar-refractivity contribution < 1.29 is 4.79 Å². The van der Waals surface area contributed by atoms with Crippen LogP contribution in [0.15, 0.2) is 36.9 Å². The normalized spacial score (nSPS) is 30.9. The molecule has 2 saturated heterocycles. The molecular weight excluding hydrogens is 392 g/mol. The van der Waals surface area contributed by atoms with Crippen LogP contribution in [0.4, 0.5) is 5.69 Å². The fourth-order valence-electron chi connectivity index (χ4n) is 5.34. The van der Waals surface area contributed by atoms with Gasteiger partial charge in [0, 0.05) is 24.3 Å². The van der Waals surface area contributed by atoms with Gasteiger partial charge >= 0.3 is 0 Å². The van der Waals surface area contributed by atoms with Crippen LogP contribution in [0.5, 0.6) is 0 Å². The number of nitrogens with one attached hydrogen (secondary N) is 3. The predicted octanol–water partition coefficient (Wildman–Crippen LogP) is 1.47. The fourth-order valence-corrected chi connectivity index (χ4v) is 5.34. The number of hydrogen-bond donors (Lipinski definition) is 3. The Morgan fingerprint density at radius 2 is 2.13 bits per heavy atom. The average molecular weight is 421 g/mol. The van der Waals surface area contributed by atoms with Crippen molar-refractivity contribution in [1.82, 2.24) is 30.5 Å². The highest BCUT2D eigenvalue weighted by molar-refractivity contribution is 5.82. The summed E-state index contributed by atoms with van der Waals surface area (Å²) in [7, 11) is 0. The first-order chi connectivity index (χ1) is 15.2. The lowest BCUT2D eigenvalue weighted by molar-refractivity contribution is -0.128. The first kappa shape index (κ1) is 20.0. The minimum atomic E-state index is -0.215. The molecule has 3 aliphatic rings. The molecule has 3 heterocycles. The van der Waals surface area contributed by atoms with Gasteiger partial charge in [-0.1, -0.05) is 25.0 Å². The van der Waals surface area contributed by atoms with Crippen LogP contribution >= 0.6 is 0 Å². The Bertz CT molecular complexity index is 955. The average Bonchev–Trinajstić information content (AvgIpc) is 3.43. The van der Waals surface area contributed by atoms with Crippen molar-refractivity contribution in [3.63, 3.8) is 0 Å². The number of benzene rings is 1. The number of carbonyl (C=O) groups excluding carboxylic acids is 1. The van der Waals surface area contributed by atoms with Crippen molar-refractivity contribution in [2.24, 2.45) is 11.8 Å². The molecule has 5 atom stereocenters. The number of carbonyl (C=O) groups is 1. The lowest BCUT2D eigenvalue weighted by atomic mass is 9.83. The Kier molecular flexibility index (Phi) is 5.57. The molecule has 2 aliphatic heterocycles. The minimum absolute atomic E-state index is 0.0108. The summed E-state index contributed by atoms with van der Waals surface area (Å²) in [6.45, 7) is 1.32. The molecular formula is C22H28N8O. The molecule has 3 N–H and O–H groups in total. The molecule has 2 aromatic rings. The smallest absolute Gasteiger partial charge is 0.228 e. The van der Waals surface area contributed by atoms with E-state index in [4.69, 9.17) is 0 Å². The number of amides is 1. The first-order valence-electron chi connectivity index (χ1n) is 11.1. The second kappa shape index (κ2) is 8.65. The minimum Gasteiger partial charge on any atom is -0.368 e. The lowest BCUT2D eigenvalue weighted by Crippen LogP contribution is -2.54. The van der Waals surface area contributed by atoms with E-state index in [-0.39, 0.29) is 36.0 Å². The van der Waals surface area contributed by atoms with Gasteiger partial charge in [-0.3, -0.25) is 4.79 Å². The van der Waals surface area contributed by atoms with E-state index in [0.29, 0.717) is 13.1 Å². The second-order valence-corrected chi connectivity index (χ2v) is 8.71. The van der Waals surface area contributed by atoms with Crippen molar-refractivity contribution in [3.05, 3.63) is 42.5 Å². The lowest BCUT2D eigenvalue weighted by Gasteiger charge is -2.39. The number of aromatic nitrogens is 3. The highest BCUT2D eigenvalue weighted by Crippen LogP contribution is 2.36. The van der Waals surface area contributed by atoms with Crippen LogP contribution in [-0.4, -0.2) is 50.5 Å². The number of anilines is 1. The number of hydrazine groups is 1. The maximum Gasteiger partial charge on any atom is 0.228 e. The molecule has 1 amide bonds. The van der Waals surface area contributed by atoms with Gasteiger partial charge in [0.05, 0.1) is 24.4 Å². The molecule has 0 radical (unpaired) electrons. The van der Waals surface area contributed by atoms with Crippen molar-refractivity contribution >= 4 is 11.6 Å². The summed E-state index contributed by atoms with van der Waals surface area (Å²) in [5, 5.41) is 22.7. The van der Waals surface area contributed by atoms with Crippen LogP contribution in [0.1, 0.15) is 37.7 Å². The molecule has 1 saturated carbocycles. The van der Waals surface area contributed by atoms with Crippen LogP contribution in [0, 0.1) is 23.2 Å². The van der Waals surface area contributed by atoms with Crippen LogP contribution < -0.4 is 16.1 Å². The Labute approximate surface area is 181 Å². The van der Waals surface area contributed by atoms with Gasteiger partial charge in [0.2, 0.25) is 5.91 Å². The Morgan fingerprint density at radius 3 is 2.97 bits per heavy atom. The summed E-state index contributed by atoms with van der Waals surface area (Å²) in [5.41, 5.74) is 5.65. The first-order valence-corrected chi connectivity index (χ1v) is 11.1. The topological polar surface area (TPSA) is 111 Å². The van der Waals surface area contributed by atoms with E-state index < -0.39 is 0 Å². The molecule has 1 aliphatic carbocycles. The van der Waals surface area contributed by atoms with Gasteiger partial charge < -0.3 is 10.6 Å². The van der Waals surface area contributed by atoms with Gasteiger partial charge in [-0.15, -0.1) is 0 Å². The highest BCUT2D eigenvalue weighted by atomic mass is 16.2. The van der Waals surface area contributed by atoms with Gasteiger partial charge in [0.25, 0.3) is 0 Å². The zero-order chi connectivity index (χ0) is 21.2. The van der Waals surface area contributed by atoms with Gasteiger partial charge in [-0.05, 0) is 37.0 Å². The number of nitrogens with zero attached hydrogens (tertiary/aromatic N) is 5. The SMILES string of the molecule is N#C[C@H]1CCCC[C@@H]1N1NC(Nc2cccc(Cn3cncn3)c2)C2C(=O)NCCC21. The van der Waals surface area contributed by atoms with E-state index in [1.807, 2.05) is 12.1 Å². The van der Waals surface area contributed by atoms with E-state index in [9.17, 15) is 10.1 Å². The summed E-state index contributed by atoms with van der Waals surface area (Å²) in [6, 6.07) is 10.9. The number of piperidine rings is 1. The van der Waals surface area contributed by atoms with Crippen LogP contribution in [0.2, 0.25) is 0 Å². The molecule has 3 unspecified atom stereocenters. The van der Waals surface area contributed by atoms with Crippen molar-refractivity contribution in [2.75, 3.05) is 11.9 Å². The quantitative estimate of drug-likeness (QED) is 0.672. The number of hydrogen-bond acceptors (Lipinski definition) is 7. The van der Waals surface area contributed by atoms with Gasteiger partial charge in [-0.2, -0.15) is 10.4 Å². The summed E-state index contributed by atoms with van der Waals surface area (Å²) in [5.74, 6) is -0.113. The van der Waals surface area contributed by atoms with Gasteiger partial charge in [0.1, 0.15) is 18.8 Å². The molecule has 9 heteroatoms. The zero-order valence-corrected chi connectivity index (χ0v) is 17.4. The molecule has 0 spiro atoms. The van der Waals surface area contributed by atoms with Crippen molar-refractivity contribution in [3.8, 4) is 6.07 Å². The summed E-state index contributed by atoms with van der Waals surface area (Å²) in [6.07, 6.45) is 8.08. The summed E-state index contributed by atoms with van der Waals surface area (Å²) >= 11 is 0. The maximum absolute atomic E-state index is 12.8. The number of fused-ring (bicyclic) bond motifs is 1. The predicted molar refractivity (Wildman–Crippen MR) is 114 cm³/mol. The molecule has 31 heavy (non-hydrogen) atoms. The summed E-state index contributed by atoms with van der Waals surface area (Å²) < 4.78 is 1.78. The van der Waals surface area contributed by atoms with E-state index in [1.54, 1.807) is 11.0 Å².